The van der Waals surface area contributed by atoms with Crippen molar-refractivity contribution in [3.8, 4) is 5.88 Å². The number of carbonyl (C=O) groups excluding carboxylic acids is 2. The van der Waals surface area contributed by atoms with E-state index < -0.39 is 0 Å². The van der Waals surface area contributed by atoms with Gasteiger partial charge in [-0.2, -0.15) is 0 Å². The van der Waals surface area contributed by atoms with Crippen molar-refractivity contribution in [1.29, 1.82) is 0 Å². The van der Waals surface area contributed by atoms with Gasteiger partial charge in [0.25, 0.3) is 5.91 Å². The lowest BCUT2D eigenvalue weighted by Gasteiger charge is -2.34. The van der Waals surface area contributed by atoms with E-state index in [0.717, 1.165) is 37.3 Å². The maximum atomic E-state index is 13.3. The van der Waals surface area contributed by atoms with E-state index in [1.807, 2.05) is 12.1 Å². The van der Waals surface area contributed by atoms with Crippen molar-refractivity contribution < 1.29 is 19.1 Å². The summed E-state index contributed by atoms with van der Waals surface area (Å²) in [6.45, 7) is 5.81. The molecule has 3 aromatic carbocycles. The predicted molar refractivity (Wildman–Crippen MR) is 165 cm³/mol. The number of aromatic nitrogens is 1. The van der Waals surface area contributed by atoms with Gasteiger partial charge in [-0.25, -0.2) is 0 Å². The van der Waals surface area contributed by atoms with Crippen LogP contribution in [0.2, 0.25) is 0 Å². The summed E-state index contributed by atoms with van der Waals surface area (Å²) in [5.74, 6) is -0.0241. The molecule has 1 fully saturated rings. The maximum absolute atomic E-state index is 13.3. The third-order valence-corrected chi connectivity index (χ3v) is 7.63. The number of aliphatic imine (C=N–C) groups is 1. The maximum Gasteiger partial charge on any atom is 0.259 e. The lowest BCUT2D eigenvalue weighted by Crippen LogP contribution is -2.44. The Kier molecular flexibility index (Phi) is 7.33. The van der Waals surface area contributed by atoms with Gasteiger partial charge in [-0.05, 0) is 62.5 Å². The van der Waals surface area contributed by atoms with Crippen LogP contribution in [0, 0.1) is 6.92 Å². The number of aryl methyl sites for hydroxylation is 1. The largest absolute Gasteiger partial charge is 0.494 e. The number of aromatic hydroxyl groups is 1. The quantitative estimate of drug-likeness (QED) is 0.172. The second-order valence-electron chi connectivity index (χ2n) is 10.5. The number of amides is 1. The molecule has 3 heterocycles. The number of aromatic amines is 1. The highest BCUT2D eigenvalue weighted by Crippen LogP contribution is 2.29. The minimum Gasteiger partial charge on any atom is -0.494 e. The smallest absolute Gasteiger partial charge is 0.259 e. The van der Waals surface area contributed by atoms with Crippen LogP contribution in [0.5, 0.6) is 5.88 Å². The number of carbonyl (C=O) groups is 2. The van der Waals surface area contributed by atoms with Crippen LogP contribution in [0.4, 0.5) is 17.1 Å². The van der Waals surface area contributed by atoms with E-state index >= 15 is 0 Å². The lowest BCUT2D eigenvalue weighted by atomic mass is 10.0. The zero-order valence-electron chi connectivity index (χ0n) is 23.4. The fourth-order valence-electron chi connectivity index (χ4n) is 5.15. The number of anilines is 2. The van der Waals surface area contributed by atoms with Gasteiger partial charge >= 0.3 is 0 Å². The van der Waals surface area contributed by atoms with Gasteiger partial charge in [-0.1, -0.05) is 24.3 Å². The predicted octanol–water partition coefficient (Wildman–Crippen LogP) is 5.76. The summed E-state index contributed by atoms with van der Waals surface area (Å²) in [4.78, 5) is 38.1. The molecule has 9 heteroatoms. The number of hydrogen-bond donors (Lipinski definition) is 3. The van der Waals surface area contributed by atoms with E-state index in [4.69, 9.17) is 4.42 Å². The number of piperazine rings is 1. The molecule has 1 aliphatic heterocycles. The normalized spacial score (nSPS) is 14.1. The summed E-state index contributed by atoms with van der Waals surface area (Å²) in [6.07, 6.45) is 3.09. The number of nitrogens with one attached hydrogen (secondary N) is 2. The minimum atomic E-state index is -0.311. The highest BCUT2D eigenvalue weighted by atomic mass is 16.3. The number of rotatable bonds is 7. The molecule has 6 rings (SSSR count). The number of likely N-dealkylation sites (N-methyl/N-ethyl adjacent to an activating group) is 1. The molecule has 212 valence electrons. The van der Waals surface area contributed by atoms with E-state index in [2.05, 4.69) is 44.3 Å². The van der Waals surface area contributed by atoms with Gasteiger partial charge in [0.2, 0.25) is 0 Å². The summed E-state index contributed by atoms with van der Waals surface area (Å²) in [6, 6.07) is 21.7. The first-order chi connectivity index (χ1) is 20.4. The van der Waals surface area contributed by atoms with Gasteiger partial charge < -0.3 is 29.6 Å². The molecule has 0 spiro atoms. The third-order valence-electron chi connectivity index (χ3n) is 7.63. The fourth-order valence-corrected chi connectivity index (χ4v) is 5.15. The van der Waals surface area contributed by atoms with Crippen LogP contribution < -0.4 is 10.2 Å². The van der Waals surface area contributed by atoms with E-state index in [0.29, 0.717) is 39.2 Å². The number of furan rings is 1. The summed E-state index contributed by atoms with van der Waals surface area (Å²) in [7, 11) is 2.14. The molecule has 1 amide bonds. The average Bonchev–Trinajstić information content (AvgIpc) is 3.57. The molecular weight excluding hydrogens is 530 g/mol. The second kappa shape index (κ2) is 11.4. The van der Waals surface area contributed by atoms with Gasteiger partial charge in [0.15, 0.2) is 11.7 Å². The van der Waals surface area contributed by atoms with Gasteiger partial charge in [-0.3, -0.25) is 14.6 Å². The first kappa shape index (κ1) is 27.0. The molecule has 0 unspecified atom stereocenters. The van der Waals surface area contributed by atoms with Crippen molar-refractivity contribution in [2.45, 2.75) is 6.92 Å². The first-order valence-corrected chi connectivity index (χ1v) is 13.8. The zero-order chi connectivity index (χ0) is 29.2. The van der Waals surface area contributed by atoms with Crippen LogP contribution in [0.25, 0.3) is 10.9 Å². The SMILES string of the molecule is Cc1occc1C(=O)Nc1cccc(C(=O)c2ccc3c(C=Nc4ccc(N5CCN(C)CC5)cc4)c(O)[nH]c3c2)c1. The van der Waals surface area contributed by atoms with E-state index in [9.17, 15) is 14.7 Å². The van der Waals surface area contributed by atoms with Crippen LogP contribution in [0.15, 0.2) is 88.5 Å². The Morgan fingerprint density at radius 3 is 2.48 bits per heavy atom. The number of H-pyrrole nitrogens is 1. The van der Waals surface area contributed by atoms with Crippen molar-refractivity contribution >= 4 is 45.9 Å². The summed E-state index contributed by atoms with van der Waals surface area (Å²) >= 11 is 0. The highest BCUT2D eigenvalue weighted by molar-refractivity contribution is 6.13. The molecule has 5 aromatic rings. The van der Waals surface area contributed by atoms with E-state index in [-0.39, 0.29) is 17.6 Å². The fraction of sp³-hybridized carbons (Fsp3) is 0.182. The number of nitrogens with zero attached hydrogens (tertiary/aromatic N) is 3. The first-order valence-electron chi connectivity index (χ1n) is 13.8. The van der Waals surface area contributed by atoms with Crippen molar-refractivity contribution in [3.05, 3.63) is 107 Å². The van der Waals surface area contributed by atoms with E-state index in [1.54, 1.807) is 61.7 Å². The summed E-state index contributed by atoms with van der Waals surface area (Å²) in [5, 5.41) is 14.2. The topological polar surface area (TPSA) is 114 Å². The van der Waals surface area contributed by atoms with Crippen LogP contribution in [0.1, 0.15) is 37.6 Å². The molecule has 0 atom stereocenters. The van der Waals surface area contributed by atoms with Crippen molar-refractivity contribution in [2.75, 3.05) is 43.4 Å². The van der Waals surface area contributed by atoms with Crippen molar-refractivity contribution in [1.82, 2.24) is 9.88 Å². The Balaban J connectivity index is 1.17. The molecule has 1 aliphatic rings. The minimum absolute atomic E-state index is 0.0216. The van der Waals surface area contributed by atoms with E-state index in [1.165, 1.54) is 12.0 Å². The van der Waals surface area contributed by atoms with Crippen molar-refractivity contribution in [2.24, 2.45) is 4.99 Å². The van der Waals surface area contributed by atoms with Gasteiger partial charge in [-0.15, -0.1) is 0 Å². The van der Waals surface area contributed by atoms with Crippen LogP contribution >= 0.6 is 0 Å². The number of ketones is 1. The molecule has 0 aliphatic carbocycles. The molecule has 1 saturated heterocycles. The molecule has 2 aromatic heterocycles. The summed E-state index contributed by atoms with van der Waals surface area (Å²) < 4.78 is 5.21. The van der Waals surface area contributed by atoms with Crippen LogP contribution in [-0.4, -0.2) is 66.1 Å². The van der Waals surface area contributed by atoms with Gasteiger partial charge in [0, 0.05) is 65.8 Å². The highest BCUT2D eigenvalue weighted by Gasteiger charge is 2.17. The zero-order valence-corrected chi connectivity index (χ0v) is 23.4. The molecule has 0 radical (unpaired) electrons. The van der Waals surface area contributed by atoms with Crippen molar-refractivity contribution in [3.63, 3.8) is 0 Å². The Morgan fingerprint density at radius 1 is 0.976 bits per heavy atom. The lowest BCUT2D eigenvalue weighted by molar-refractivity contribution is 0.102. The Bertz CT molecular complexity index is 1790. The number of fused-ring (bicyclic) bond motifs is 1. The third kappa shape index (κ3) is 5.55. The second-order valence-corrected chi connectivity index (χ2v) is 10.5. The standard InChI is InChI=1S/C33H31N5O4/c1-21-27(12-17-42-21)32(40)35-25-5-3-4-22(18-25)31(39)23-6-11-28-29(33(41)36-30(28)19-23)20-34-24-7-9-26(10-8-24)38-15-13-37(2)14-16-38/h3-12,17-20,36,41H,13-16H2,1-2H3,(H,35,40). The number of benzene rings is 3. The molecule has 3 N–H and O–H groups in total. The summed E-state index contributed by atoms with van der Waals surface area (Å²) in [5.41, 5.74) is 4.93. The number of hydrogen-bond acceptors (Lipinski definition) is 7. The average molecular weight is 562 g/mol. The molecule has 9 nitrogen and oxygen atoms in total. The van der Waals surface area contributed by atoms with Crippen LogP contribution in [0.3, 0.4) is 0 Å². The Hall–Kier alpha value is -5.15. The van der Waals surface area contributed by atoms with Gasteiger partial charge in [0.1, 0.15) is 5.76 Å². The molecule has 0 bridgehead atoms. The molecular formula is C33H31N5O4. The molecule has 0 saturated carbocycles. The Labute approximate surface area is 243 Å². The van der Waals surface area contributed by atoms with Crippen LogP contribution in [-0.2, 0) is 0 Å². The Morgan fingerprint density at radius 2 is 1.74 bits per heavy atom. The monoisotopic (exact) mass is 561 g/mol. The molecule has 42 heavy (non-hydrogen) atoms. The van der Waals surface area contributed by atoms with Gasteiger partial charge in [0.05, 0.1) is 23.1 Å².